The molecule has 0 bridgehead atoms. The minimum Gasteiger partial charge on any atom is -0.390 e. The van der Waals surface area contributed by atoms with Gasteiger partial charge in [-0.2, -0.15) is 0 Å². The summed E-state index contributed by atoms with van der Waals surface area (Å²) in [5, 5.41) is 35.4. The van der Waals surface area contributed by atoms with Gasteiger partial charge in [0.1, 0.15) is 6.10 Å². The number of hydrogen-bond donors (Lipinski definition) is 4. The van der Waals surface area contributed by atoms with Crippen LogP contribution in [0.3, 0.4) is 0 Å². The van der Waals surface area contributed by atoms with Gasteiger partial charge in [0.05, 0.1) is 12.2 Å². The highest BCUT2D eigenvalue weighted by molar-refractivity contribution is 5.75. The van der Waals surface area contributed by atoms with Gasteiger partial charge in [0, 0.05) is 13.0 Å². The van der Waals surface area contributed by atoms with E-state index in [1.165, 1.54) is 141 Å². The van der Waals surface area contributed by atoms with Crippen LogP contribution in [0.1, 0.15) is 229 Å². The lowest BCUT2D eigenvalue weighted by atomic mass is 9.32. The fraction of sp³-hybridized carbons (Fsp3) is 0.980. The molecule has 0 spiro atoms. The van der Waals surface area contributed by atoms with Crippen molar-refractivity contribution in [2.24, 2.45) is 62.6 Å². The van der Waals surface area contributed by atoms with Crippen molar-refractivity contribution in [1.29, 1.82) is 0 Å². The number of aliphatic hydroxyl groups excluding tert-OH is 3. The number of unbranched alkanes of at least 4 members (excludes halogenated alkanes) is 12. The maximum Gasteiger partial charge on any atom is 0.220 e. The van der Waals surface area contributed by atoms with Crippen LogP contribution in [0, 0.1) is 62.6 Å². The Balaban J connectivity index is 1.01. The summed E-state index contributed by atoms with van der Waals surface area (Å²) in [5.74, 6) is 4.35. The Kier molecular flexibility index (Phi) is 16.4. The molecule has 13 atom stereocenters. The molecule has 1 amide bonds. The Labute approximate surface area is 346 Å². The molecule has 5 nitrogen and oxygen atoms in total. The lowest BCUT2D eigenvalue weighted by molar-refractivity contribution is -0.241. The number of aliphatic hydroxyl groups is 3. The number of carbonyl (C=O) groups excluding carboxylic acids is 1. The van der Waals surface area contributed by atoms with Gasteiger partial charge in [0.25, 0.3) is 0 Å². The van der Waals surface area contributed by atoms with Crippen molar-refractivity contribution in [2.45, 2.75) is 247 Å². The third kappa shape index (κ3) is 9.77. The molecule has 0 heterocycles. The second-order valence-electron chi connectivity index (χ2n) is 22.8. The van der Waals surface area contributed by atoms with Crippen LogP contribution in [0.5, 0.6) is 0 Å². The van der Waals surface area contributed by atoms with Gasteiger partial charge in [0.15, 0.2) is 0 Å². The highest BCUT2D eigenvalue weighted by Gasteiger charge is 2.70. The lowest BCUT2D eigenvalue weighted by Gasteiger charge is -2.73. The van der Waals surface area contributed by atoms with Crippen molar-refractivity contribution >= 4 is 5.91 Å². The molecule has 0 aliphatic heterocycles. The summed E-state index contributed by atoms with van der Waals surface area (Å²) in [7, 11) is 0. The number of rotatable bonds is 22. The summed E-state index contributed by atoms with van der Waals surface area (Å²) in [6.07, 6.45) is 30.3. The first-order valence-corrected chi connectivity index (χ1v) is 24.9. The van der Waals surface area contributed by atoms with Crippen molar-refractivity contribution in [3.63, 3.8) is 0 Å². The van der Waals surface area contributed by atoms with Gasteiger partial charge in [0.2, 0.25) is 5.91 Å². The van der Waals surface area contributed by atoms with E-state index in [0.717, 1.165) is 42.9 Å². The second kappa shape index (κ2) is 19.8. The summed E-state index contributed by atoms with van der Waals surface area (Å²) in [6, 6.07) is 0. The number of carbonyl (C=O) groups is 1. The number of nitrogens with one attached hydrogen (secondary N) is 1. The molecular formula is C51H93NO4. The van der Waals surface area contributed by atoms with Crippen LogP contribution < -0.4 is 5.32 Å². The van der Waals surface area contributed by atoms with Crippen LogP contribution in [0.15, 0.2) is 0 Å². The molecule has 5 aliphatic rings. The quantitative estimate of drug-likeness (QED) is 0.0823. The average Bonchev–Trinajstić information content (AvgIpc) is 3.51. The molecule has 0 radical (unpaired) electrons. The molecule has 0 aromatic heterocycles. The zero-order chi connectivity index (χ0) is 40.8. The molecule has 0 aromatic rings. The fourth-order valence-corrected chi connectivity index (χ4v) is 15.8. The predicted octanol–water partition coefficient (Wildman–Crippen LogP) is 12.6. The summed E-state index contributed by atoms with van der Waals surface area (Å²) in [5.41, 5.74) is 2.20. The Morgan fingerprint density at radius 3 is 1.77 bits per heavy atom. The predicted molar refractivity (Wildman–Crippen MR) is 234 cm³/mol. The first-order valence-electron chi connectivity index (χ1n) is 24.9. The zero-order valence-corrected chi connectivity index (χ0v) is 38.2. The van der Waals surface area contributed by atoms with Gasteiger partial charge in [-0.15, -0.1) is 0 Å². The molecule has 5 aliphatic carbocycles. The number of amides is 1. The Morgan fingerprint density at radius 1 is 0.607 bits per heavy atom. The normalized spacial score (nSPS) is 38.4. The van der Waals surface area contributed by atoms with Crippen LogP contribution in [0.4, 0.5) is 0 Å². The van der Waals surface area contributed by atoms with Gasteiger partial charge in [-0.05, 0) is 146 Å². The van der Waals surface area contributed by atoms with E-state index in [1.807, 2.05) is 0 Å². The third-order valence-electron chi connectivity index (χ3n) is 19.2. The molecular weight excluding hydrogens is 691 g/mol. The Morgan fingerprint density at radius 2 is 1.16 bits per heavy atom. The lowest BCUT2D eigenvalue weighted by Crippen LogP contribution is -2.65. The van der Waals surface area contributed by atoms with E-state index in [9.17, 15) is 20.1 Å². The van der Waals surface area contributed by atoms with E-state index < -0.39 is 18.3 Å². The molecule has 0 aromatic carbocycles. The standard InChI is InChI=1S/C51H93NO4/c1-9-10-11-12-13-14-15-16-17-18-19-20-21-23-45(55)52-36-41(54)46(56)40(53)25-24-37(2)38-28-33-48(5)39(38)29-34-50(7)43(48)26-27-44-49(6)32-22-31-47(3,4)42(49)30-35-51(44,50)8/h37-44,46,53-54,56H,9-36H2,1-8H3,(H,52,55). The monoisotopic (exact) mass is 784 g/mol. The molecule has 5 saturated carbocycles. The Hall–Kier alpha value is -0.650. The van der Waals surface area contributed by atoms with E-state index in [-0.39, 0.29) is 12.5 Å². The largest absolute Gasteiger partial charge is 0.390 e. The van der Waals surface area contributed by atoms with Crippen molar-refractivity contribution in [1.82, 2.24) is 5.32 Å². The first kappa shape index (κ1) is 46.4. The summed E-state index contributed by atoms with van der Waals surface area (Å²) < 4.78 is 0. The summed E-state index contributed by atoms with van der Waals surface area (Å²) in [6.45, 7) is 20.8. The second-order valence-corrected chi connectivity index (χ2v) is 22.8. The van der Waals surface area contributed by atoms with Gasteiger partial charge >= 0.3 is 0 Å². The first-order chi connectivity index (χ1) is 26.5. The van der Waals surface area contributed by atoms with Crippen LogP contribution in [-0.2, 0) is 4.79 Å². The van der Waals surface area contributed by atoms with Crippen molar-refractivity contribution in [3.8, 4) is 0 Å². The van der Waals surface area contributed by atoms with Crippen LogP contribution >= 0.6 is 0 Å². The number of fused-ring (bicyclic) bond motifs is 7. The Bertz CT molecular complexity index is 1220. The summed E-state index contributed by atoms with van der Waals surface area (Å²) in [4.78, 5) is 12.5. The van der Waals surface area contributed by atoms with Gasteiger partial charge < -0.3 is 20.6 Å². The number of hydrogen-bond acceptors (Lipinski definition) is 4. The molecule has 56 heavy (non-hydrogen) atoms. The fourth-order valence-electron chi connectivity index (χ4n) is 15.8. The highest BCUT2D eigenvalue weighted by Crippen LogP contribution is 2.78. The molecule has 326 valence electrons. The van der Waals surface area contributed by atoms with E-state index in [1.54, 1.807) is 0 Å². The van der Waals surface area contributed by atoms with Crippen LogP contribution in [0.2, 0.25) is 0 Å². The molecule has 4 N–H and O–H groups in total. The van der Waals surface area contributed by atoms with Crippen LogP contribution in [-0.4, -0.2) is 46.1 Å². The molecule has 5 fully saturated rings. The van der Waals surface area contributed by atoms with E-state index in [2.05, 4.69) is 60.7 Å². The molecule has 5 rings (SSSR count). The topological polar surface area (TPSA) is 89.8 Å². The minimum absolute atomic E-state index is 0.00832. The van der Waals surface area contributed by atoms with Crippen molar-refractivity contribution in [2.75, 3.05) is 6.54 Å². The van der Waals surface area contributed by atoms with Gasteiger partial charge in [-0.25, -0.2) is 0 Å². The zero-order valence-electron chi connectivity index (χ0n) is 38.2. The van der Waals surface area contributed by atoms with Gasteiger partial charge in [-0.1, -0.05) is 139 Å². The SMILES string of the molecule is CCCCCCCCCCCCCCCC(=O)NCC(O)C(O)C(O)CCC(C)C1CCC2(C)C1CCC1(C)C2CCC2C3(C)CCCC(C)(C)C3CCC21C. The smallest absolute Gasteiger partial charge is 0.220 e. The minimum atomic E-state index is -1.24. The third-order valence-corrected chi connectivity index (χ3v) is 19.2. The van der Waals surface area contributed by atoms with Crippen LogP contribution in [0.25, 0.3) is 0 Å². The van der Waals surface area contributed by atoms with E-state index >= 15 is 0 Å². The maximum atomic E-state index is 12.5. The van der Waals surface area contributed by atoms with Crippen molar-refractivity contribution in [3.05, 3.63) is 0 Å². The maximum absolute atomic E-state index is 12.5. The molecule has 13 unspecified atom stereocenters. The van der Waals surface area contributed by atoms with E-state index in [0.29, 0.717) is 51.8 Å². The van der Waals surface area contributed by atoms with Crippen molar-refractivity contribution < 1.29 is 20.1 Å². The highest BCUT2D eigenvalue weighted by atomic mass is 16.4. The molecule has 0 saturated heterocycles. The average molecular weight is 784 g/mol. The summed E-state index contributed by atoms with van der Waals surface area (Å²) >= 11 is 0. The van der Waals surface area contributed by atoms with Gasteiger partial charge in [-0.3, -0.25) is 4.79 Å². The van der Waals surface area contributed by atoms with E-state index in [4.69, 9.17) is 0 Å². The molecule has 5 heteroatoms.